The second-order valence-corrected chi connectivity index (χ2v) is 6.13. The number of benzene rings is 2. The van der Waals surface area contributed by atoms with Crippen LogP contribution in [0.5, 0.6) is 5.75 Å². The highest BCUT2D eigenvalue weighted by molar-refractivity contribution is 5.85. The van der Waals surface area contributed by atoms with Crippen molar-refractivity contribution in [3.8, 4) is 5.75 Å². The normalized spacial score (nSPS) is 16.0. The third-order valence-corrected chi connectivity index (χ3v) is 4.51. The molecule has 0 amide bonds. The molecule has 3 rings (SSSR count). The summed E-state index contributed by atoms with van der Waals surface area (Å²) in [5, 5.41) is 12.9. The number of aliphatic hydroxyl groups is 1. The van der Waals surface area contributed by atoms with E-state index < -0.39 is 0 Å². The highest BCUT2D eigenvalue weighted by Gasteiger charge is 2.24. The fourth-order valence-corrected chi connectivity index (χ4v) is 3.27. The molecule has 2 aromatic rings. The predicted octanol–water partition coefficient (Wildman–Crippen LogP) is 3.02. The molecule has 25 heavy (non-hydrogen) atoms. The Morgan fingerprint density at radius 1 is 1.00 bits per heavy atom. The zero-order valence-corrected chi connectivity index (χ0v) is 15.3. The molecule has 4 nitrogen and oxygen atoms in total. The SMILES string of the molecule is Cl.OCC[C@@H](c1ccccc1OCc1ccccc1)N1CCNCC1. The Kier molecular flexibility index (Phi) is 8.22. The molecule has 1 fully saturated rings. The van der Waals surface area contributed by atoms with Crippen molar-refractivity contribution in [1.29, 1.82) is 0 Å². The van der Waals surface area contributed by atoms with E-state index in [0.717, 1.165) is 43.9 Å². The first-order valence-electron chi connectivity index (χ1n) is 8.70. The van der Waals surface area contributed by atoms with Crippen LogP contribution in [0.4, 0.5) is 0 Å². The maximum atomic E-state index is 9.54. The van der Waals surface area contributed by atoms with Crippen molar-refractivity contribution in [2.45, 2.75) is 19.1 Å². The van der Waals surface area contributed by atoms with E-state index >= 15 is 0 Å². The lowest BCUT2D eigenvalue weighted by Crippen LogP contribution is -2.45. The van der Waals surface area contributed by atoms with Crippen molar-refractivity contribution < 1.29 is 9.84 Å². The summed E-state index contributed by atoms with van der Waals surface area (Å²) >= 11 is 0. The van der Waals surface area contributed by atoms with Crippen molar-refractivity contribution in [1.82, 2.24) is 10.2 Å². The standard InChI is InChI=1S/C20H26N2O2.ClH/c23-15-10-19(22-13-11-21-12-14-22)18-8-4-5-9-20(18)24-16-17-6-2-1-3-7-17;/h1-9,19,21,23H,10-16H2;1H/t19-;/m0./s1. The molecule has 0 unspecified atom stereocenters. The fraction of sp³-hybridized carbons (Fsp3) is 0.400. The summed E-state index contributed by atoms with van der Waals surface area (Å²) in [7, 11) is 0. The van der Waals surface area contributed by atoms with Crippen LogP contribution in [0.3, 0.4) is 0 Å². The van der Waals surface area contributed by atoms with Crippen LogP contribution in [-0.4, -0.2) is 42.8 Å². The second kappa shape index (κ2) is 10.4. The lowest BCUT2D eigenvalue weighted by atomic mass is 10.0. The number of piperazine rings is 1. The van der Waals surface area contributed by atoms with Gasteiger partial charge in [-0.2, -0.15) is 0 Å². The topological polar surface area (TPSA) is 44.7 Å². The van der Waals surface area contributed by atoms with Gasteiger partial charge in [0.25, 0.3) is 0 Å². The van der Waals surface area contributed by atoms with E-state index in [4.69, 9.17) is 4.74 Å². The van der Waals surface area contributed by atoms with Gasteiger partial charge in [-0.05, 0) is 18.1 Å². The molecule has 0 saturated carbocycles. The molecule has 1 atom stereocenters. The van der Waals surface area contributed by atoms with E-state index in [2.05, 4.69) is 34.5 Å². The van der Waals surface area contributed by atoms with Gasteiger partial charge in [-0.15, -0.1) is 12.4 Å². The molecule has 1 aliphatic heterocycles. The number of halogens is 1. The molecule has 0 aromatic heterocycles. The monoisotopic (exact) mass is 362 g/mol. The van der Waals surface area contributed by atoms with Gasteiger partial charge in [-0.3, -0.25) is 4.90 Å². The van der Waals surface area contributed by atoms with Crippen molar-refractivity contribution >= 4 is 12.4 Å². The number of nitrogens with one attached hydrogen (secondary N) is 1. The quantitative estimate of drug-likeness (QED) is 0.794. The molecule has 1 heterocycles. The smallest absolute Gasteiger partial charge is 0.124 e. The summed E-state index contributed by atoms with van der Waals surface area (Å²) in [6.45, 7) is 4.73. The van der Waals surface area contributed by atoms with Crippen LogP contribution >= 0.6 is 12.4 Å². The van der Waals surface area contributed by atoms with E-state index in [0.29, 0.717) is 6.61 Å². The van der Waals surface area contributed by atoms with Crippen LogP contribution in [0.15, 0.2) is 54.6 Å². The summed E-state index contributed by atoms with van der Waals surface area (Å²) in [6.07, 6.45) is 0.728. The van der Waals surface area contributed by atoms with Crippen molar-refractivity contribution in [2.75, 3.05) is 32.8 Å². The van der Waals surface area contributed by atoms with E-state index in [1.165, 1.54) is 5.56 Å². The van der Waals surface area contributed by atoms with E-state index in [1.54, 1.807) is 0 Å². The number of nitrogens with zero attached hydrogens (tertiary/aromatic N) is 1. The summed E-state index contributed by atoms with van der Waals surface area (Å²) < 4.78 is 6.12. The van der Waals surface area contributed by atoms with Crippen molar-refractivity contribution in [3.05, 3.63) is 65.7 Å². The highest BCUT2D eigenvalue weighted by Crippen LogP contribution is 2.32. The van der Waals surface area contributed by atoms with Crippen LogP contribution in [-0.2, 0) is 6.61 Å². The van der Waals surface area contributed by atoms with Gasteiger partial charge in [0, 0.05) is 44.4 Å². The molecular weight excluding hydrogens is 336 g/mol. The summed E-state index contributed by atoms with van der Waals surface area (Å²) in [6, 6.07) is 18.6. The Morgan fingerprint density at radius 2 is 1.68 bits per heavy atom. The van der Waals surface area contributed by atoms with Gasteiger partial charge in [0.2, 0.25) is 0 Å². The molecule has 2 aromatic carbocycles. The number of hydrogen-bond acceptors (Lipinski definition) is 4. The van der Waals surface area contributed by atoms with Gasteiger partial charge in [0.1, 0.15) is 12.4 Å². The van der Waals surface area contributed by atoms with Crippen LogP contribution in [0, 0.1) is 0 Å². The first kappa shape index (κ1) is 19.7. The maximum absolute atomic E-state index is 9.54. The number of para-hydroxylation sites is 1. The minimum Gasteiger partial charge on any atom is -0.489 e. The van der Waals surface area contributed by atoms with Crippen LogP contribution in [0.2, 0.25) is 0 Å². The van der Waals surface area contributed by atoms with Gasteiger partial charge in [0.15, 0.2) is 0 Å². The third-order valence-electron chi connectivity index (χ3n) is 4.51. The average Bonchev–Trinajstić information content (AvgIpc) is 2.66. The molecule has 5 heteroatoms. The van der Waals surface area contributed by atoms with Gasteiger partial charge >= 0.3 is 0 Å². The van der Waals surface area contributed by atoms with E-state index in [1.807, 2.05) is 30.3 Å². The van der Waals surface area contributed by atoms with Crippen molar-refractivity contribution in [2.24, 2.45) is 0 Å². The largest absolute Gasteiger partial charge is 0.489 e. The Labute approximate surface area is 156 Å². The first-order chi connectivity index (χ1) is 11.9. The van der Waals surface area contributed by atoms with Crippen LogP contribution in [0.1, 0.15) is 23.6 Å². The molecule has 0 radical (unpaired) electrons. The van der Waals surface area contributed by atoms with Gasteiger partial charge in [-0.1, -0.05) is 48.5 Å². The molecule has 1 aliphatic rings. The molecule has 0 bridgehead atoms. The molecule has 136 valence electrons. The Balaban J connectivity index is 0.00000225. The van der Waals surface area contributed by atoms with Gasteiger partial charge < -0.3 is 15.2 Å². The minimum absolute atomic E-state index is 0. The Hall–Kier alpha value is -1.59. The van der Waals surface area contributed by atoms with Crippen molar-refractivity contribution in [3.63, 3.8) is 0 Å². The first-order valence-corrected chi connectivity index (χ1v) is 8.70. The molecule has 2 N–H and O–H groups in total. The van der Waals surface area contributed by atoms with E-state index in [9.17, 15) is 5.11 Å². The minimum atomic E-state index is 0. The molecule has 0 aliphatic carbocycles. The average molecular weight is 363 g/mol. The fourth-order valence-electron chi connectivity index (χ4n) is 3.27. The summed E-state index contributed by atoms with van der Waals surface area (Å²) in [5.74, 6) is 0.915. The zero-order chi connectivity index (χ0) is 16.6. The van der Waals surface area contributed by atoms with Gasteiger partial charge in [0.05, 0.1) is 0 Å². The van der Waals surface area contributed by atoms with E-state index in [-0.39, 0.29) is 25.1 Å². The lowest BCUT2D eigenvalue weighted by molar-refractivity contribution is 0.137. The molecule has 1 saturated heterocycles. The zero-order valence-electron chi connectivity index (χ0n) is 14.4. The highest BCUT2D eigenvalue weighted by atomic mass is 35.5. The molecule has 0 spiro atoms. The lowest BCUT2D eigenvalue weighted by Gasteiger charge is -2.35. The maximum Gasteiger partial charge on any atom is 0.124 e. The number of aliphatic hydroxyl groups excluding tert-OH is 1. The summed E-state index contributed by atoms with van der Waals surface area (Å²) in [5.41, 5.74) is 2.33. The van der Waals surface area contributed by atoms with Crippen LogP contribution < -0.4 is 10.1 Å². The van der Waals surface area contributed by atoms with Crippen LogP contribution in [0.25, 0.3) is 0 Å². The third kappa shape index (κ3) is 5.44. The Morgan fingerprint density at radius 3 is 2.40 bits per heavy atom. The second-order valence-electron chi connectivity index (χ2n) is 6.13. The number of ether oxygens (including phenoxy) is 1. The summed E-state index contributed by atoms with van der Waals surface area (Å²) in [4.78, 5) is 2.44. The predicted molar refractivity (Wildman–Crippen MR) is 103 cm³/mol. The Bertz CT molecular complexity index is 618. The number of hydrogen-bond donors (Lipinski definition) is 2. The number of rotatable bonds is 7. The van der Waals surface area contributed by atoms with Gasteiger partial charge in [-0.25, -0.2) is 0 Å². The molecular formula is C20H27ClN2O2.